The molecule has 0 N–H and O–H groups in total. The van der Waals surface area contributed by atoms with Crippen LogP contribution < -0.4 is 0 Å². The molecule has 2 saturated heterocycles. The molecule has 0 aromatic rings. The fraction of sp³-hybridized carbons (Fsp3) is 0.843. The van der Waals surface area contributed by atoms with Gasteiger partial charge < -0.3 is 47.0 Å². The van der Waals surface area contributed by atoms with Crippen LogP contribution in [0.5, 0.6) is 0 Å². The molecule has 0 aromatic heterocycles. The molecule has 14 unspecified atom stereocenters. The van der Waals surface area contributed by atoms with Gasteiger partial charge in [0, 0.05) is 29.1 Å². The van der Waals surface area contributed by atoms with E-state index in [4.69, 9.17) is 28.4 Å². The second-order valence-electron chi connectivity index (χ2n) is 23.7. The van der Waals surface area contributed by atoms with E-state index in [9.17, 15) is 81.9 Å². The Morgan fingerprint density at radius 2 is 0.924 bits per heavy atom. The summed E-state index contributed by atoms with van der Waals surface area (Å²) in [6.07, 6.45) is -1.63. The third-order valence-electron chi connectivity index (χ3n) is 17.8. The number of ether oxygens (including phenoxy) is 8. The largest absolute Gasteiger partial charge is 0.743 e. The van der Waals surface area contributed by atoms with Gasteiger partial charge in [-0.25, -0.2) is 16.8 Å². The van der Waals surface area contributed by atoms with Gasteiger partial charge >= 0.3 is 58.3 Å². The number of halogens is 4. The van der Waals surface area contributed by atoms with Crippen LogP contribution in [-0.4, -0.2) is 132 Å². The Labute approximate surface area is 454 Å². The summed E-state index contributed by atoms with van der Waals surface area (Å²) in [7, 11) is -12.1. The van der Waals surface area contributed by atoms with Gasteiger partial charge in [0.05, 0.1) is 49.4 Å². The number of esters is 8. The topological polar surface area (TPSA) is 325 Å². The maximum atomic E-state index is 13.6. The fourth-order valence-corrected chi connectivity index (χ4v) is 14.3. The Kier molecular flexibility index (Phi) is 17.7. The monoisotopic (exact) mass is 1170 g/mol. The van der Waals surface area contributed by atoms with E-state index in [2.05, 4.69) is 9.47 Å². The van der Waals surface area contributed by atoms with Crippen molar-refractivity contribution in [2.45, 2.75) is 210 Å². The quantitative estimate of drug-likeness (QED) is 0.0685. The van der Waals surface area contributed by atoms with Crippen LogP contribution in [0.3, 0.4) is 0 Å². The van der Waals surface area contributed by atoms with E-state index in [1.807, 2.05) is 34.6 Å². The molecule has 8 fully saturated rings. The van der Waals surface area contributed by atoms with Crippen molar-refractivity contribution in [3.05, 3.63) is 0 Å². The molecular formula is C51H68F4O22S2-2. The molecule has 14 atom stereocenters. The van der Waals surface area contributed by atoms with Crippen LogP contribution in [0, 0.1) is 58.7 Å². The van der Waals surface area contributed by atoms with Crippen molar-refractivity contribution in [1.82, 2.24) is 0 Å². The molecule has 4 bridgehead atoms. The SMILES string of the molecule is CC(C)C1(OC(=O)C2C3CC4C(OC(=O)C42)C3OC(=O)CCC(=O)OC(C)C(F)(F)S(=O)(=O)[O-])CCCCC1.CC(OC(=O)CCC(=O)OC1C2CC3C1OC(=O)C3C2C(=O)OC1(C(C)(C)C)CCCCC1)C(F)(F)S(=O)(=O)[O-]. The first-order chi connectivity index (χ1) is 36.5. The van der Waals surface area contributed by atoms with Crippen LogP contribution >= 0.6 is 0 Å². The van der Waals surface area contributed by atoms with E-state index in [1.54, 1.807) is 0 Å². The molecule has 6 aliphatic carbocycles. The summed E-state index contributed by atoms with van der Waals surface area (Å²) >= 11 is 0. The lowest BCUT2D eigenvalue weighted by Gasteiger charge is -2.47. The lowest BCUT2D eigenvalue weighted by molar-refractivity contribution is -0.191. The first kappa shape index (κ1) is 61.9. The Morgan fingerprint density at radius 1 is 0.570 bits per heavy atom. The van der Waals surface area contributed by atoms with Gasteiger partial charge in [0.25, 0.3) is 0 Å². The van der Waals surface area contributed by atoms with E-state index in [1.165, 1.54) is 0 Å². The number of alkyl halides is 4. The minimum atomic E-state index is -6.07. The molecule has 0 radical (unpaired) electrons. The van der Waals surface area contributed by atoms with Gasteiger partial charge in [0.15, 0.2) is 32.4 Å². The molecule has 0 aromatic carbocycles. The lowest BCUT2D eigenvalue weighted by Crippen LogP contribution is -2.51. The molecule has 2 heterocycles. The molecule has 8 rings (SSSR count). The van der Waals surface area contributed by atoms with Crippen molar-refractivity contribution in [2.24, 2.45) is 58.7 Å². The van der Waals surface area contributed by atoms with Crippen LogP contribution in [-0.2, 0) is 96.5 Å². The average molecular weight is 1170 g/mol. The Balaban J connectivity index is 0.000000229. The Bertz CT molecular complexity index is 2620. The zero-order chi connectivity index (χ0) is 58.7. The van der Waals surface area contributed by atoms with Crippen molar-refractivity contribution in [3.63, 3.8) is 0 Å². The number of hydrogen-bond acceptors (Lipinski definition) is 22. The maximum absolute atomic E-state index is 13.6. The summed E-state index contributed by atoms with van der Waals surface area (Å²) in [6.45, 7) is 11.1. The standard InChI is InChI=1S/C26H36F2O11S.C25H34F2O11S/c1-13(26(27,28)40(33,34)35)36-16(29)8-9-17(30)37-20-15-12-14-18(22(31)38-21(14)20)19(15)23(32)39-25(24(2,3)4)10-6-5-7-11-25;1-12(2)24(9-5-4-6-10-24)38-23(31)19-15-11-14-18(19)22(30)37-21(14)20(15)36-17(29)8-7-16(28)35-13(3)25(26,27)39(32,33)34/h13-15,18-21H,5-12H2,1-4H3,(H,33,34,35);12-15,18-21H,4-11H2,1-3H3,(H,32,33,34)/p-2. The van der Waals surface area contributed by atoms with Gasteiger partial charge in [-0.3, -0.25) is 38.4 Å². The smallest absolute Gasteiger partial charge is 0.369 e. The van der Waals surface area contributed by atoms with Crippen LogP contribution in [0.1, 0.15) is 151 Å². The van der Waals surface area contributed by atoms with Gasteiger partial charge in [0.2, 0.25) is 0 Å². The van der Waals surface area contributed by atoms with Gasteiger partial charge in [-0.2, -0.15) is 17.6 Å². The summed E-state index contributed by atoms with van der Waals surface area (Å²) in [5.41, 5.74) is -1.64. The first-order valence-electron chi connectivity index (χ1n) is 26.8. The molecule has 28 heteroatoms. The van der Waals surface area contributed by atoms with Crippen molar-refractivity contribution in [2.75, 3.05) is 0 Å². The van der Waals surface area contributed by atoms with Gasteiger partial charge in [-0.1, -0.05) is 47.5 Å². The van der Waals surface area contributed by atoms with Crippen molar-refractivity contribution in [3.8, 4) is 0 Å². The molecule has 0 amide bonds. The predicted octanol–water partition coefficient (Wildman–Crippen LogP) is 5.31. The number of rotatable bonds is 19. The molecule has 446 valence electrons. The second kappa shape index (κ2) is 22.6. The van der Waals surface area contributed by atoms with E-state index < -0.39 is 188 Å². The predicted molar refractivity (Wildman–Crippen MR) is 254 cm³/mol. The van der Waals surface area contributed by atoms with E-state index in [-0.39, 0.29) is 23.2 Å². The second-order valence-corrected chi connectivity index (χ2v) is 26.6. The summed E-state index contributed by atoms with van der Waals surface area (Å²) < 4.78 is 161. The van der Waals surface area contributed by atoms with E-state index >= 15 is 0 Å². The van der Waals surface area contributed by atoms with Crippen molar-refractivity contribution < 1.29 is 120 Å². The van der Waals surface area contributed by atoms with Gasteiger partial charge in [-0.15, -0.1) is 0 Å². The van der Waals surface area contributed by atoms with Crippen LogP contribution in [0.25, 0.3) is 0 Å². The minimum Gasteiger partial charge on any atom is -0.743 e. The summed E-state index contributed by atoms with van der Waals surface area (Å²) in [5, 5.41) is -9.69. The fourth-order valence-electron chi connectivity index (χ4n) is 13.4. The molecular weight excluding hydrogens is 1100 g/mol. The average Bonchev–Trinajstić information content (AvgIpc) is 4.20. The van der Waals surface area contributed by atoms with Crippen LogP contribution in [0.4, 0.5) is 17.6 Å². The number of carbonyl (C=O) groups excluding carboxylic acids is 8. The van der Waals surface area contributed by atoms with Crippen molar-refractivity contribution >= 4 is 68.0 Å². The van der Waals surface area contributed by atoms with E-state index in [0.29, 0.717) is 39.5 Å². The molecule has 0 spiro atoms. The third kappa shape index (κ3) is 12.0. The maximum Gasteiger partial charge on any atom is 0.369 e. The van der Waals surface area contributed by atoms with Gasteiger partial charge in [0.1, 0.15) is 35.6 Å². The Morgan fingerprint density at radius 3 is 1.28 bits per heavy atom. The molecule has 79 heavy (non-hydrogen) atoms. The molecule has 8 aliphatic rings. The highest BCUT2D eigenvalue weighted by atomic mass is 32.2. The van der Waals surface area contributed by atoms with Crippen LogP contribution in [0.15, 0.2) is 0 Å². The highest BCUT2D eigenvalue weighted by Gasteiger charge is 2.72. The zero-order valence-corrected chi connectivity index (χ0v) is 46.4. The summed E-state index contributed by atoms with van der Waals surface area (Å²) in [5.74, 6) is -11.3. The minimum absolute atomic E-state index is 0.0772. The lowest BCUT2D eigenvalue weighted by atomic mass is 9.68. The molecule has 2 aliphatic heterocycles. The number of fused-ring (bicyclic) bond motifs is 2. The number of carbonyl (C=O) groups is 8. The van der Waals surface area contributed by atoms with E-state index in [0.717, 1.165) is 51.4 Å². The first-order valence-corrected chi connectivity index (χ1v) is 29.6. The van der Waals surface area contributed by atoms with Crippen molar-refractivity contribution in [1.29, 1.82) is 0 Å². The zero-order valence-electron chi connectivity index (χ0n) is 44.8. The van der Waals surface area contributed by atoms with Crippen LogP contribution in [0.2, 0.25) is 0 Å². The van der Waals surface area contributed by atoms with Gasteiger partial charge in [-0.05, 0) is 84.0 Å². The normalized spacial score (nSPS) is 31.9. The number of hydrogen-bond donors (Lipinski definition) is 0. The highest BCUT2D eigenvalue weighted by Crippen LogP contribution is 2.61. The molecule has 22 nitrogen and oxygen atoms in total. The third-order valence-corrected chi connectivity index (χ3v) is 19.8. The summed E-state index contributed by atoms with van der Waals surface area (Å²) in [4.78, 5) is 101. The highest BCUT2D eigenvalue weighted by molar-refractivity contribution is 7.87. The molecule has 6 saturated carbocycles. The Hall–Kier alpha value is -4.70. The summed E-state index contributed by atoms with van der Waals surface area (Å²) in [6, 6.07) is 0.